The summed E-state index contributed by atoms with van der Waals surface area (Å²) in [6.45, 7) is 1.88. The van der Waals surface area contributed by atoms with Gasteiger partial charge in [0.15, 0.2) is 0 Å². The second-order valence-electron chi connectivity index (χ2n) is 5.04. The van der Waals surface area contributed by atoms with E-state index in [0.29, 0.717) is 0 Å². The second-order valence-corrected chi connectivity index (χ2v) is 7.86. The fourth-order valence-corrected chi connectivity index (χ4v) is 4.93. The van der Waals surface area contributed by atoms with E-state index in [1.165, 1.54) is 16.2 Å². The van der Waals surface area contributed by atoms with Crippen molar-refractivity contribution in [1.82, 2.24) is 0 Å². The highest BCUT2D eigenvalue weighted by Gasteiger charge is 2.41. The molecule has 0 N–H and O–H groups in total. The molecule has 0 radical (unpaired) electrons. The minimum absolute atomic E-state index is 0.0780. The largest absolute Gasteiger partial charge is 0.287 e. The standard InChI is InChI=1S/C16H11ClINO3S/c1-10-5-7-11(8-6-10)23(21,22)19-13-4-2-3-12(17)15(13)16(20)14(19)9-18/h2-9H,1H3/b14-9+. The molecule has 0 spiro atoms. The van der Waals surface area contributed by atoms with Crippen molar-refractivity contribution >= 4 is 55.7 Å². The van der Waals surface area contributed by atoms with E-state index in [1.807, 2.05) is 29.5 Å². The molecule has 0 amide bonds. The first-order chi connectivity index (χ1) is 10.9. The number of hydrogen-bond acceptors (Lipinski definition) is 3. The van der Waals surface area contributed by atoms with E-state index in [2.05, 4.69) is 0 Å². The van der Waals surface area contributed by atoms with Gasteiger partial charge in [-0.15, -0.1) is 0 Å². The van der Waals surface area contributed by atoms with Crippen LogP contribution in [0, 0.1) is 6.92 Å². The molecule has 1 heterocycles. The summed E-state index contributed by atoms with van der Waals surface area (Å²) in [5.74, 6) is -0.393. The molecule has 0 aliphatic carbocycles. The van der Waals surface area contributed by atoms with E-state index in [1.54, 1.807) is 30.3 Å². The molecule has 0 atom stereocenters. The number of carbonyl (C=O) groups is 1. The third-order valence-electron chi connectivity index (χ3n) is 3.55. The van der Waals surface area contributed by atoms with Crippen LogP contribution in [-0.4, -0.2) is 14.2 Å². The lowest BCUT2D eigenvalue weighted by molar-refractivity contribution is 0.104. The van der Waals surface area contributed by atoms with Gasteiger partial charge in [0.1, 0.15) is 5.70 Å². The van der Waals surface area contributed by atoms with Crippen molar-refractivity contribution in [2.45, 2.75) is 11.8 Å². The van der Waals surface area contributed by atoms with Gasteiger partial charge in [0.05, 0.1) is 21.2 Å². The number of aryl methyl sites for hydroxylation is 1. The zero-order valence-corrected chi connectivity index (χ0v) is 15.7. The molecular weight excluding hydrogens is 449 g/mol. The van der Waals surface area contributed by atoms with Crippen molar-refractivity contribution in [3.8, 4) is 0 Å². The molecule has 0 fully saturated rings. The van der Waals surface area contributed by atoms with Gasteiger partial charge < -0.3 is 0 Å². The maximum Gasteiger partial charge on any atom is 0.268 e. The van der Waals surface area contributed by atoms with Gasteiger partial charge in [-0.2, -0.15) is 0 Å². The molecule has 0 unspecified atom stereocenters. The maximum absolute atomic E-state index is 13.0. The number of anilines is 1. The van der Waals surface area contributed by atoms with E-state index in [9.17, 15) is 13.2 Å². The Labute approximate surface area is 153 Å². The highest BCUT2D eigenvalue weighted by molar-refractivity contribution is 14.1. The molecule has 0 bridgehead atoms. The molecule has 2 aromatic rings. The second kappa shape index (κ2) is 5.92. The van der Waals surface area contributed by atoms with Crippen molar-refractivity contribution in [1.29, 1.82) is 0 Å². The summed E-state index contributed by atoms with van der Waals surface area (Å²) >= 11 is 7.96. The summed E-state index contributed by atoms with van der Waals surface area (Å²) in [6.07, 6.45) is 0. The Hall–Kier alpha value is -1.38. The smallest absolute Gasteiger partial charge is 0.268 e. The summed E-state index contributed by atoms with van der Waals surface area (Å²) < 4.78 is 28.6. The van der Waals surface area contributed by atoms with Crippen LogP contribution in [0.5, 0.6) is 0 Å². The van der Waals surface area contributed by atoms with Gasteiger partial charge in [0.2, 0.25) is 5.78 Å². The van der Waals surface area contributed by atoms with Crippen LogP contribution >= 0.6 is 34.2 Å². The number of sulfonamides is 1. The molecular formula is C16H11ClINO3S. The van der Waals surface area contributed by atoms with Crippen LogP contribution in [0.2, 0.25) is 5.02 Å². The average molecular weight is 460 g/mol. The third-order valence-corrected chi connectivity index (χ3v) is 6.20. The minimum atomic E-state index is -3.90. The summed E-state index contributed by atoms with van der Waals surface area (Å²) in [4.78, 5) is 12.7. The summed E-state index contributed by atoms with van der Waals surface area (Å²) in [5, 5.41) is 0.241. The number of carbonyl (C=O) groups excluding carboxylic acids is 1. The van der Waals surface area contributed by atoms with Gasteiger partial charge in [0.25, 0.3) is 10.0 Å². The van der Waals surface area contributed by atoms with Gasteiger partial charge in [-0.1, -0.05) is 58.0 Å². The maximum atomic E-state index is 13.0. The molecule has 4 nitrogen and oxygen atoms in total. The van der Waals surface area contributed by atoms with Crippen LogP contribution in [0.1, 0.15) is 15.9 Å². The van der Waals surface area contributed by atoms with Crippen LogP contribution < -0.4 is 4.31 Å². The Morgan fingerprint density at radius 1 is 1.13 bits per heavy atom. The number of Topliss-reactive ketones (excluding diaryl/α,β-unsaturated/α-hetero) is 1. The lowest BCUT2D eigenvalue weighted by Crippen LogP contribution is -2.28. The molecule has 2 aromatic carbocycles. The predicted molar refractivity (Wildman–Crippen MR) is 98.7 cm³/mol. The molecule has 23 heavy (non-hydrogen) atoms. The number of nitrogens with zero attached hydrogens (tertiary/aromatic N) is 1. The molecule has 3 rings (SSSR count). The van der Waals surface area contributed by atoms with Gasteiger partial charge in [-0.05, 0) is 31.2 Å². The molecule has 1 aliphatic heterocycles. The molecule has 0 saturated heterocycles. The lowest BCUT2D eigenvalue weighted by atomic mass is 10.1. The topological polar surface area (TPSA) is 54.5 Å². The summed E-state index contributed by atoms with van der Waals surface area (Å²) in [6, 6.07) is 11.3. The number of benzene rings is 2. The molecule has 118 valence electrons. The average Bonchev–Trinajstić information content (AvgIpc) is 2.82. The first kappa shape index (κ1) is 16.5. The SMILES string of the molecule is Cc1ccc(S(=O)(=O)N2/C(=C/I)C(=O)c3c(Cl)cccc32)cc1. The highest BCUT2D eigenvalue weighted by atomic mass is 127. The van der Waals surface area contributed by atoms with E-state index in [4.69, 9.17) is 11.6 Å². The number of ketones is 1. The zero-order chi connectivity index (χ0) is 16.8. The van der Waals surface area contributed by atoms with Crippen molar-refractivity contribution < 1.29 is 13.2 Å². The van der Waals surface area contributed by atoms with Crippen LogP contribution in [0.3, 0.4) is 0 Å². The number of hydrogen-bond donors (Lipinski definition) is 0. The van der Waals surface area contributed by atoms with Crippen LogP contribution in [0.15, 0.2) is 57.1 Å². The molecule has 1 aliphatic rings. The number of fused-ring (bicyclic) bond motifs is 1. The summed E-state index contributed by atoms with van der Waals surface area (Å²) in [5.41, 5.74) is 1.53. The van der Waals surface area contributed by atoms with Crippen LogP contribution in [0.25, 0.3) is 0 Å². The van der Waals surface area contributed by atoms with E-state index in [-0.39, 0.29) is 26.9 Å². The van der Waals surface area contributed by atoms with E-state index < -0.39 is 15.8 Å². The lowest BCUT2D eigenvalue weighted by Gasteiger charge is -2.20. The van der Waals surface area contributed by atoms with E-state index >= 15 is 0 Å². The fourth-order valence-electron chi connectivity index (χ4n) is 2.43. The summed E-state index contributed by atoms with van der Waals surface area (Å²) in [7, 11) is -3.90. The minimum Gasteiger partial charge on any atom is -0.287 e. The van der Waals surface area contributed by atoms with Crippen molar-refractivity contribution in [2.24, 2.45) is 0 Å². The number of halogens is 2. The van der Waals surface area contributed by atoms with Crippen LogP contribution in [0.4, 0.5) is 5.69 Å². The van der Waals surface area contributed by atoms with E-state index in [0.717, 1.165) is 9.87 Å². The molecule has 7 heteroatoms. The van der Waals surface area contributed by atoms with Gasteiger partial charge >= 0.3 is 0 Å². The zero-order valence-electron chi connectivity index (χ0n) is 12.0. The van der Waals surface area contributed by atoms with Gasteiger partial charge in [-0.3, -0.25) is 4.79 Å². The first-order valence-corrected chi connectivity index (χ1v) is 9.70. The number of allylic oxidation sites excluding steroid dienone is 1. The fraction of sp³-hybridized carbons (Fsp3) is 0.0625. The first-order valence-electron chi connectivity index (χ1n) is 6.63. The quantitative estimate of drug-likeness (QED) is 0.497. The predicted octanol–water partition coefficient (Wildman–Crippen LogP) is 4.32. The van der Waals surface area contributed by atoms with Crippen molar-refractivity contribution in [3.63, 3.8) is 0 Å². The van der Waals surface area contributed by atoms with Crippen molar-refractivity contribution in [3.05, 3.63) is 68.4 Å². The van der Waals surface area contributed by atoms with Gasteiger partial charge in [-0.25, -0.2) is 12.7 Å². The highest BCUT2D eigenvalue weighted by Crippen LogP contribution is 2.42. The van der Waals surface area contributed by atoms with Gasteiger partial charge in [0, 0.05) is 4.08 Å². The third kappa shape index (κ3) is 2.58. The Kier molecular flexibility index (Phi) is 4.24. The molecule has 0 aromatic heterocycles. The van der Waals surface area contributed by atoms with Crippen LogP contribution in [-0.2, 0) is 10.0 Å². The monoisotopic (exact) mass is 459 g/mol. The normalized spacial score (nSPS) is 16.0. The Morgan fingerprint density at radius 2 is 1.78 bits per heavy atom. The Balaban J connectivity index is 2.25. The Bertz CT molecular complexity index is 936. The molecule has 0 saturated carbocycles. The Morgan fingerprint density at radius 3 is 2.39 bits per heavy atom. The number of rotatable bonds is 2. The van der Waals surface area contributed by atoms with Crippen molar-refractivity contribution in [2.75, 3.05) is 4.31 Å².